The van der Waals surface area contributed by atoms with Crippen LogP contribution in [0.4, 0.5) is 51.0 Å². The summed E-state index contributed by atoms with van der Waals surface area (Å²) in [5, 5.41) is 29.3. The van der Waals surface area contributed by atoms with Gasteiger partial charge in [-0.1, -0.05) is 12.1 Å². The smallest absolute Gasteiger partial charge is 0.475 e. The largest absolute Gasteiger partial charge is 0.490 e. The summed E-state index contributed by atoms with van der Waals surface area (Å²) < 4.78 is 122. The second kappa shape index (κ2) is 17.7. The number of fused-ring (bicyclic) bond motifs is 1. The first kappa shape index (κ1) is 43.4. The maximum Gasteiger partial charge on any atom is 0.490 e. The van der Waals surface area contributed by atoms with Crippen LogP contribution in [0.15, 0.2) is 66.1 Å². The molecule has 1 aliphatic heterocycles. The minimum atomic E-state index is -5.08. The Balaban J connectivity index is 0.000000379. The van der Waals surface area contributed by atoms with Crippen molar-refractivity contribution in [3.05, 3.63) is 61.2 Å². The molecule has 53 heavy (non-hydrogen) atoms. The Kier molecular flexibility index (Phi) is 14.5. The molecule has 0 atom stereocenters. The number of benzene rings is 2. The van der Waals surface area contributed by atoms with Crippen molar-refractivity contribution >= 4 is 50.3 Å². The standard InChI is InChI=1S/C22H23N7O2S.3C2HF3O2/c1-23-32(30,31)19-4-2-3-18(12-19)28-7-9-29(10-8-28)22-20-11-16(17-13-26-27-14-17)5-6-21(20)24-15-25-22;3*3-2(4,5)1(6)7/h2-6,11-15,23H,7-10H2,1H3,(H,26,27);3*(H,6,7). The summed E-state index contributed by atoms with van der Waals surface area (Å²) in [6.45, 7) is 3.06. The molecule has 2 aromatic heterocycles. The lowest BCUT2D eigenvalue weighted by Gasteiger charge is -2.37. The molecule has 1 saturated heterocycles. The van der Waals surface area contributed by atoms with Gasteiger partial charge in [0.25, 0.3) is 0 Å². The van der Waals surface area contributed by atoms with Gasteiger partial charge < -0.3 is 25.1 Å². The molecular formula is C28H26F9N7O8S. The molecule has 0 bridgehead atoms. The van der Waals surface area contributed by atoms with E-state index in [2.05, 4.69) is 40.8 Å². The number of aromatic nitrogens is 4. The third kappa shape index (κ3) is 13.1. The maximum absolute atomic E-state index is 12.2. The van der Waals surface area contributed by atoms with Gasteiger partial charge in [0.1, 0.15) is 12.1 Å². The summed E-state index contributed by atoms with van der Waals surface area (Å²) in [4.78, 5) is 40.4. The average Bonchev–Trinajstić information content (AvgIpc) is 3.63. The second-order valence-electron chi connectivity index (χ2n) is 10.0. The van der Waals surface area contributed by atoms with Gasteiger partial charge in [-0.15, -0.1) is 0 Å². The molecular weight excluding hydrogens is 765 g/mol. The molecule has 3 heterocycles. The summed E-state index contributed by atoms with van der Waals surface area (Å²) in [6.07, 6.45) is -9.98. The number of piperazine rings is 1. The number of aromatic amines is 1. The van der Waals surface area contributed by atoms with Crippen LogP contribution in [0.25, 0.3) is 22.0 Å². The van der Waals surface area contributed by atoms with E-state index in [4.69, 9.17) is 29.7 Å². The lowest BCUT2D eigenvalue weighted by atomic mass is 10.1. The molecule has 4 aromatic rings. The van der Waals surface area contributed by atoms with Crippen molar-refractivity contribution < 1.29 is 77.6 Å². The number of nitrogens with one attached hydrogen (secondary N) is 2. The molecule has 290 valence electrons. The molecule has 0 spiro atoms. The van der Waals surface area contributed by atoms with E-state index in [0.29, 0.717) is 0 Å². The van der Waals surface area contributed by atoms with E-state index in [-0.39, 0.29) is 4.90 Å². The molecule has 2 aromatic carbocycles. The predicted molar refractivity (Wildman–Crippen MR) is 165 cm³/mol. The van der Waals surface area contributed by atoms with E-state index in [9.17, 15) is 47.9 Å². The molecule has 1 fully saturated rings. The van der Waals surface area contributed by atoms with Crippen molar-refractivity contribution in [3.8, 4) is 11.1 Å². The summed E-state index contributed by atoms with van der Waals surface area (Å²) in [5.74, 6) is -7.36. The zero-order valence-electron chi connectivity index (χ0n) is 26.5. The summed E-state index contributed by atoms with van der Waals surface area (Å²) in [5.41, 5.74) is 3.87. The van der Waals surface area contributed by atoms with Gasteiger partial charge in [0.15, 0.2) is 0 Å². The first-order valence-electron chi connectivity index (χ1n) is 14.1. The highest BCUT2D eigenvalue weighted by molar-refractivity contribution is 7.89. The molecule has 1 aliphatic rings. The third-order valence-corrected chi connectivity index (χ3v) is 7.93. The number of carbonyl (C=O) groups is 3. The second-order valence-corrected chi connectivity index (χ2v) is 11.9. The number of hydrogen-bond donors (Lipinski definition) is 5. The monoisotopic (exact) mass is 791 g/mol. The number of aliphatic carboxylic acids is 3. The van der Waals surface area contributed by atoms with Crippen LogP contribution < -0.4 is 14.5 Å². The molecule has 15 nitrogen and oxygen atoms in total. The maximum atomic E-state index is 12.2. The third-order valence-electron chi connectivity index (χ3n) is 6.51. The summed E-state index contributed by atoms with van der Waals surface area (Å²) in [6, 6.07) is 13.2. The van der Waals surface area contributed by atoms with Gasteiger partial charge in [0.2, 0.25) is 10.0 Å². The number of carboxylic acid groups (broad SMARTS) is 3. The number of halogens is 9. The normalized spacial score (nSPS) is 13.4. The Morgan fingerprint density at radius 2 is 1.26 bits per heavy atom. The number of carboxylic acids is 3. The van der Waals surface area contributed by atoms with Crippen LogP contribution in [0.3, 0.4) is 0 Å². The number of alkyl halides is 9. The van der Waals surface area contributed by atoms with Crippen molar-refractivity contribution in [2.24, 2.45) is 0 Å². The Morgan fingerprint density at radius 1 is 0.755 bits per heavy atom. The van der Waals surface area contributed by atoms with Gasteiger partial charge in [-0.2, -0.15) is 44.6 Å². The van der Waals surface area contributed by atoms with Crippen LogP contribution in [-0.4, -0.2) is 114 Å². The average molecular weight is 792 g/mol. The summed E-state index contributed by atoms with van der Waals surface area (Å²) >= 11 is 0. The van der Waals surface area contributed by atoms with Crippen LogP contribution in [0.5, 0.6) is 0 Å². The predicted octanol–water partition coefficient (Wildman–Crippen LogP) is 4.15. The number of nitrogens with zero attached hydrogens (tertiary/aromatic N) is 5. The Hall–Kier alpha value is -5.72. The van der Waals surface area contributed by atoms with Crippen LogP contribution >= 0.6 is 0 Å². The molecule has 0 radical (unpaired) electrons. The highest BCUT2D eigenvalue weighted by atomic mass is 32.2. The van der Waals surface area contributed by atoms with Gasteiger partial charge in [-0.05, 0) is 42.9 Å². The molecule has 0 unspecified atom stereocenters. The highest BCUT2D eigenvalue weighted by Crippen LogP contribution is 2.30. The number of H-pyrrole nitrogens is 1. The molecule has 25 heteroatoms. The minimum absolute atomic E-state index is 0.272. The van der Waals surface area contributed by atoms with Gasteiger partial charge >= 0.3 is 36.4 Å². The molecule has 5 rings (SSSR count). The topological polar surface area (TPSA) is 219 Å². The first-order valence-corrected chi connectivity index (χ1v) is 15.5. The van der Waals surface area contributed by atoms with Gasteiger partial charge in [0, 0.05) is 49.0 Å². The van der Waals surface area contributed by atoms with Gasteiger partial charge in [-0.25, -0.2) is 37.5 Å². The number of hydrogen-bond acceptors (Lipinski definition) is 10. The quantitative estimate of drug-likeness (QED) is 0.180. The Morgan fingerprint density at radius 3 is 1.72 bits per heavy atom. The van der Waals surface area contributed by atoms with Crippen molar-refractivity contribution in [2.75, 3.05) is 43.0 Å². The number of sulfonamides is 1. The van der Waals surface area contributed by atoms with Crippen molar-refractivity contribution in [1.82, 2.24) is 24.9 Å². The fourth-order valence-electron chi connectivity index (χ4n) is 4.03. The van der Waals surface area contributed by atoms with Crippen molar-refractivity contribution in [3.63, 3.8) is 0 Å². The van der Waals surface area contributed by atoms with E-state index in [0.717, 1.165) is 59.7 Å². The Labute approximate surface area is 291 Å². The zero-order chi connectivity index (χ0) is 40.4. The van der Waals surface area contributed by atoms with E-state index in [1.807, 2.05) is 24.4 Å². The fraction of sp³-hybridized carbons (Fsp3) is 0.286. The van der Waals surface area contributed by atoms with E-state index in [1.54, 1.807) is 30.7 Å². The number of rotatable bonds is 5. The molecule has 0 saturated carbocycles. The highest BCUT2D eigenvalue weighted by Gasteiger charge is 2.39. The van der Waals surface area contributed by atoms with Crippen molar-refractivity contribution in [2.45, 2.75) is 23.4 Å². The Bertz CT molecular complexity index is 1910. The number of anilines is 2. The van der Waals surface area contributed by atoms with E-state index in [1.165, 1.54) is 7.05 Å². The molecule has 0 amide bonds. The van der Waals surface area contributed by atoms with Crippen LogP contribution in [-0.2, 0) is 24.4 Å². The van der Waals surface area contributed by atoms with E-state index >= 15 is 0 Å². The fourth-order valence-corrected chi connectivity index (χ4v) is 4.79. The molecule has 0 aliphatic carbocycles. The summed E-state index contributed by atoms with van der Waals surface area (Å²) in [7, 11) is -2.05. The lowest BCUT2D eigenvalue weighted by molar-refractivity contribution is -0.193. The van der Waals surface area contributed by atoms with Gasteiger partial charge in [-0.3, -0.25) is 5.10 Å². The van der Waals surface area contributed by atoms with E-state index < -0.39 is 46.5 Å². The molecule has 5 N–H and O–H groups in total. The van der Waals surface area contributed by atoms with Crippen LogP contribution in [0.2, 0.25) is 0 Å². The van der Waals surface area contributed by atoms with Crippen LogP contribution in [0.1, 0.15) is 0 Å². The van der Waals surface area contributed by atoms with Crippen LogP contribution in [0, 0.1) is 0 Å². The first-order chi connectivity index (χ1) is 24.4. The minimum Gasteiger partial charge on any atom is -0.475 e. The SMILES string of the molecule is CNS(=O)(=O)c1cccc(N2CCN(c3ncnc4ccc(-c5cn[nH]c5)cc34)CC2)c1.O=C(O)C(F)(F)F.O=C(O)C(F)(F)F.O=C(O)C(F)(F)F. The lowest BCUT2D eigenvalue weighted by Crippen LogP contribution is -2.47. The van der Waals surface area contributed by atoms with Gasteiger partial charge in [0.05, 0.1) is 16.6 Å². The van der Waals surface area contributed by atoms with Crippen molar-refractivity contribution in [1.29, 1.82) is 0 Å². The zero-order valence-corrected chi connectivity index (χ0v) is 27.3.